The molecule has 2 nitrogen and oxygen atoms in total. The van der Waals surface area contributed by atoms with Crippen molar-refractivity contribution in [3.05, 3.63) is 48.9 Å². The molecule has 1 unspecified atom stereocenters. The van der Waals surface area contributed by atoms with Crippen molar-refractivity contribution in [2.75, 3.05) is 7.11 Å². The summed E-state index contributed by atoms with van der Waals surface area (Å²) >= 11 is 0. The van der Waals surface area contributed by atoms with Gasteiger partial charge in [0.15, 0.2) is 0 Å². The summed E-state index contributed by atoms with van der Waals surface area (Å²) in [4.78, 5) is 0. The molecule has 0 aliphatic heterocycles. The molecule has 0 saturated heterocycles. The van der Waals surface area contributed by atoms with Crippen LogP contribution in [0.15, 0.2) is 30.9 Å². The van der Waals surface area contributed by atoms with Crippen molar-refractivity contribution in [3.63, 3.8) is 0 Å². The summed E-state index contributed by atoms with van der Waals surface area (Å²) in [7, 11) is 1.55. The van der Waals surface area contributed by atoms with Crippen LogP contribution in [0.1, 0.15) is 17.0 Å². The lowest BCUT2D eigenvalue weighted by molar-refractivity contribution is 0.408. The predicted molar refractivity (Wildman–Crippen MR) is 56.0 cm³/mol. The first-order valence-electron chi connectivity index (χ1n) is 4.27. The van der Waals surface area contributed by atoms with Crippen molar-refractivity contribution in [1.29, 1.82) is 5.26 Å². The summed E-state index contributed by atoms with van der Waals surface area (Å²) in [5, 5.41) is 8.85. The minimum atomic E-state index is -0.0572. The second-order valence-corrected chi connectivity index (χ2v) is 2.88. The van der Waals surface area contributed by atoms with Gasteiger partial charge in [-0.15, -0.1) is 6.58 Å². The van der Waals surface area contributed by atoms with E-state index in [4.69, 9.17) is 10.00 Å². The van der Waals surface area contributed by atoms with E-state index in [0.29, 0.717) is 11.3 Å². The molecule has 14 heavy (non-hydrogen) atoms. The van der Waals surface area contributed by atoms with Crippen LogP contribution in [0.3, 0.4) is 0 Å². The van der Waals surface area contributed by atoms with E-state index in [1.54, 1.807) is 19.3 Å². The van der Waals surface area contributed by atoms with Crippen LogP contribution in [0.25, 0.3) is 0 Å². The molecular weight excluding hydrogens is 174 g/mol. The Kier molecular flexibility index (Phi) is 3.30. The van der Waals surface area contributed by atoms with E-state index < -0.39 is 0 Å². The monoisotopic (exact) mass is 186 g/mol. The Morgan fingerprint density at radius 1 is 1.57 bits per heavy atom. The van der Waals surface area contributed by atoms with Crippen molar-refractivity contribution in [2.45, 2.75) is 5.92 Å². The molecule has 71 valence electrons. The summed E-state index contributed by atoms with van der Waals surface area (Å²) in [5.74, 6) is 0.535. The lowest BCUT2D eigenvalue weighted by atomic mass is 9.98. The van der Waals surface area contributed by atoms with Crippen molar-refractivity contribution in [1.82, 2.24) is 0 Å². The summed E-state index contributed by atoms with van der Waals surface area (Å²) in [6.07, 6.45) is 1.72. The second-order valence-electron chi connectivity index (χ2n) is 2.88. The standard InChI is InChI=1S/C12H12NO/c1-4-9(2)11-7-5-6-10(8-13)12(11)14-3/h4-7,9H,1-2H2,3H3. The van der Waals surface area contributed by atoms with Gasteiger partial charge in [0, 0.05) is 11.5 Å². The van der Waals surface area contributed by atoms with Gasteiger partial charge in [0.2, 0.25) is 0 Å². The Labute approximate surface area is 84.4 Å². The first kappa shape index (κ1) is 10.3. The minimum absolute atomic E-state index is 0.0572. The highest BCUT2D eigenvalue weighted by Crippen LogP contribution is 2.29. The van der Waals surface area contributed by atoms with Gasteiger partial charge in [-0.2, -0.15) is 5.26 Å². The lowest BCUT2D eigenvalue weighted by Gasteiger charge is -2.12. The van der Waals surface area contributed by atoms with Gasteiger partial charge in [-0.05, 0) is 13.0 Å². The maximum atomic E-state index is 8.85. The molecular formula is C12H12NO. The van der Waals surface area contributed by atoms with Gasteiger partial charge in [-0.25, -0.2) is 0 Å². The van der Waals surface area contributed by atoms with E-state index in [2.05, 4.69) is 19.6 Å². The zero-order valence-corrected chi connectivity index (χ0v) is 8.16. The largest absolute Gasteiger partial charge is 0.495 e. The molecule has 0 aromatic heterocycles. The van der Waals surface area contributed by atoms with Crippen molar-refractivity contribution in [2.24, 2.45) is 0 Å². The Morgan fingerprint density at radius 2 is 2.29 bits per heavy atom. The molecule has 0 bridgehead atoms. The number of methoxy groups -OCH3 is 1. The third-order valence-corrected chi connectivity index (χ3v) is 2.05. The normalized spacial score (nSPS) is 11.5. The van der Waals surface area contributed by atoms with E-state index in [1.807, 2.05) is 12.1 Å². The second kappa shape index (κ2) is 4.48. The van der Waals surface area contributed by atoms with Crippen LogP contribution < -0.4 is 4.74 Å². The van der Waals surface area contributed by atoms with Gasteiger partial charge >= 0.3 is 0 Å². The fourth-order valence-electron chi connectivity index (χ4n) is 1.29. The average molecular weight is 186 g/mol. The Balaban J connectivity index is 3.30. The third-order valence-electron chi connectivity index (χ3n) is 2.05. The molecule has 0 fully saturated rings. The fraction of sp³-hybridized carbons (Fsp3) is 0.167. The quantitative estimate of drug-likeness (QED) is 0.680. The molecule has 0 N–H and O–H groups in total. The Morgan fingerprint density at radius 3 is 2.79 bits per heavy atom. The van der Waals surface area contributed by atoms with E-state index in [9.17, 15) is 0 Å². The molecule has 0 aliphatic rings. The maximum Gasteiger partial charge on any atom is 0.140 e. The van der Waals surface area contributed by atoms with Crippen LogP contribution in [0.2, 0.25) is 0 Å². The molecule has 0 spiro atoms. The van der Waals surface area contributed by atoms with E-state index in [1.165, 1.54) is 0 Å². The first-order chi connectivity index (χ1) is 6.74. The van der Waals surface area contributed by atoms with Crippen molar-refractivity contribution < 1.29 is 4.74 Å². The van der Waals surface area contributed by atoms with E-state index >= 15 is 0 Å². The third kappa shape index (κ3) is 1.77. The number of nitrogens with zero attached hydrogens (tertiary/aromatic N) is 1. The highest BCUT2D eigenvalue weighted by Gasteiger charge is 2.11. The molecule has 1 aromatic rings. The van der Waals surface area contributed by atoms with Crippen LogP contribution >= 0.6 is 0 Å². The summed E-state index contributed by atoms with van der Waals surface area (Å²) in [5.41, 5.74) is 1.42. The summed E-state index contributed by atoms with van der Waals surface area (Å²) in [6, 6.07) is 7.50. The number of rotatable bonds is 3. The molecule has 1 rings (SSSR count). The fourth-order valence-corrected chi connectivity index (χ4v) is 1.29. The molecule has 1 atom stereocenters. The van der Waals surface area contributed by atoms with Gasteiger partial charge in [0.1, 0.15) is 11.8 Å². The number of allylic oxidation sites excluding steroid dienone is 1. The zero-order chi connectivity index (χ0) is 10.6. The number of ether oxygens (including phenoxy) is 1. The molecule has 0 amide bonds. The van der Waals surface area contributed by atoms with Crippen LogP contribution in [0.4, 0.5) is 0 Å². The van der Waals surface area contributed by atoms with E-state index in [-0.39, 0.29) is 5.92 Å². The van der Waals surface area contributed by atoms with Gasteiger partial charge in [0.05, 0.1) is 12.7 Å². The number of hydrogen-bond acceptors (Lipinski definition) is 2. The summed E-state index contributed by atoms with van der Waals surface area (Å²) in [6.45, 7) is 7.57. The Hall–Kier alpha value is -1.75. The Bertz CT molecular complexity index is 376. The topological polar surface area (TPSA) is 33.0 Å². The minimum Gasteiger partial charge on any atom is -0.495 e. The summed E-state index contributed by atoms with van der Waals surface area (Å²) < 4.78 is 5.18. The molecule has 1 aromatic carbocycles. The predicted octanol–water partition coefficient (Wildman–Crippen LogP) is 2.67. The molecule has 1 radical (unpaired) electrons. The highest BCUT2D eigenvalue weighted by molar-refractivity contribution is 5.50. The SMILES string of the molecule is [CH2]C(C=C)c1cccc(C#N)c1OC. The van der Waals surface area contributed by atoms with Crippen molar-refractivity contribution >= 4 is 0 Å². The number of benzene rings is 1. The van der Waals surface area contributed by atoms with Gasteiger partial charge < -0.3 is 4.74 Å². The van der Waals surface area contributed by atoms with Gasteiger partial charge in [-0.1, -0.05) is 18.2 Å². The number of hydrogen-bond donors (Lipinski definition) is 0. The van der Waals surface area contributed by atoms with Gasteiger partial charge in [-0.3, -0.25) is 0 Å². The van der Waals surface area contributed by atoms with Crippen LogP contribution in [0, 0.1) is 18.3 Å². The number of nitriles is 1. The molecule has 0 heterocycles. The van der Waals surface area contributed by atoms with Gasteiger partial charge in [0.25, 0.3) is 0 Å². The lowest BCUT2D eigenvalue weighted by Crippen LogP contribution is -1.97. The molecule has 2 heteroatoms. The molecule has 0 aliphatic carbocycles. The first-order valence-corrected chi connectivity index (χ1v) is 4.27. The zero-order valence-electron chi connectivity index (χ0n) is 8.16. The molecule has 0 saturated carbocycles. The maximum absolute atomic E-state index is 8.85. The smallest absolute Gasteiger partial charge is 0.140 e. The highest BCUT2D eigenvalue weighted by atomic mass is 16.5. The van der Waals surface area contributed by atoms with E-state index in [0.717, 1.165) is 5.56 Å². The van der Waals surface area contributed by atoms with Crippen LogP contribution in [0.5, 0.6) is 5.75 Å². The van der Waals surface area contributed by atoms with Crippen LogP contribution in [-0.2, 0) is 0 Å². The number of para-hydroxylation sites is 1. The average Bonchev–Trinajstić information content (AvgIpc) is 2.26. The van der Waals surface area contributed by atoms with Crippen molar-refractivity contribution in [3.8, 4) is 11.8 Å². The van der Waals surface area contributed by atoms with Crippen LogP contribution in [-0.4, -0.2) is 7.11 Å².